The van der Waals surface area contributed by atoms with Gasteiger partial charge in [0.25, 0.3) is 0 Å². The first-order valence-electron chi connectivity index (χ1n) is 4.91. The molecule has 0 aliphatic heterocycles. The van der Waals surface area contributed by atoms with E-state index in [-0.39, 0.29) is 6.61 Å². The molecule has 0 aliphatic carbocycles. The average Bonchev–Trinajstić information content (AvgIpc) is 2.61. The molecule has 1 aromatic carbocycles. The highest BCUT2D eigenvalue weighted by molar-refractivity contribution is 5.60. The van der Waals surface area contributed by atoms with Gasteiger partial charge in [-0.2, -0.15) is 5.10 Å². The summed E-state index contributed by atoms with van der Waals surface area (Å²) in [7, 11) is 1.88. The summed E-state index contributed by atoms with van der Waals surface area (Å²) in [6.45, 7) is 2.05. The SMILES string of the molecule is Cc1ccc(-c2cc(CO)nn2C)cc1. The molecular weight excluding hydrogens is 188 g/mol. The van der Waals surface area contributed by atoms with Gasteiger partial charge >= 0.3 is 0 Å². The van der Waals surface area contributed by atoms with E-state index in [2.05, 4.69) is 36.3 Å². The van der Waals surface area contributed by atoms with Gasteiger partial charge in [0.2, 0.25) is 0 Å². The number of hydrogen-bond donors (Lipinski definition) is 1. The highest BCUT2D eigenvalue weighted by Crippen LogP contribution is 2.20. The van der Waals surface area contributed by atoms with Gasteiger partial charge in [0.1, 0.15) is 0 Å². The van der Waals surface area contributed by atoms with Gasteiger partial charge in [-0.1, -0.05) is 29.8 Å². The van der Waals surface area contributed by atoms with Crippen LogP contribution in [0.1, 0.15) is 11.3 Å². The Labute approximate surface area is 89.0 Å². The second kappa shape index (κ2) is 3.87. The van der Waals surface area contributed by atoms with Crippen LogP contribution in [-0.2, 0) is 13.7 Å². The van der Waals surface area contributed by atoms with Crippen LogP contribution in [0.5, 0.6) is 0 Å². The Bertz CT molecular complexity index is 457. The predicted molar refractivity (Wildman–Crippen MR) is 59.3 cm³/mol. The lowest BCUT2D eigenvalue weighted by Crippen LogP contribution is -1.94. The molecule has 0 amide bonds. The number of rotatable bonds is 2. The normalized spacial score (nSPS) is 10.6. The monoisotopic (exact) mass is 202 g/mol. The van der Waals surface area contributed by atoms with Gasteiger partial charge in [0, 0.05) is 7.05 Å². The standard InChI is InChI=1S/C12H14N2O/c1-9-3-5-10(6-4-9)12-7-11(8-15)13-14(12)2/h3-7,15H,8H2,1-2H3. The molecule has 3 heteroatoms. The van der Waals surface area contributed by atoms with Crippen LogP contribution in [0, 0.1) is 6.92 Å². The lowest BCUT2D eigenvalue weighted by atomic mass is 10.1. The Hall–Kier alpha value is -1.61. The van der Waals surface area contributed by atoms with Crippen LogP contribution in [0.25, 0.3) is 11.3 Å². The number of benzene rings is 1. The summed E-state index contributed by atoms with van der Waals surface area (Å²) in [4.78, 5) is 0. The largest absolute Gasteiger partial charge is 0.390 e. The maximum absolute atomic E-state index is 8.99. The fraction of sp³-hybridized carbons (Fsp3) is 0.250. The molecule has 0 atom stereocenters. The van der Waals surface area contributed by atoms with Crippen LogP contribution in [0.2, 0.25) is 0 Å². The summed E-state index contributed by atoms with van der Waals surface area (Å²) < 4.78 is 1.79. The van der Waals surface area contributed by atoms with E-state index in [1.165, 1.54) is 5.56 Å². The highest BCUT2D eigenvalue weighted by Gasteiger charge is 2.05. The zero-order valence-corrected chi connectivity index (χ0v) is 8.94. The quantitative estimate of drug-likeness (QED) is 0.807. The molecule has 0 aliphatic rings. The van der Waals surface area contributed by atoms with E-state index in [0.717, 1.165) is 11.3 Å². The van der Waals surface area contributed by atoms with E-state index in [0.29, 0.717) is 5.69 Å². The highest BCUT2D eigenvalue weighted by atomic mass is 16.3. The zero-order valence-electron chi connectivity index (χ0n) is 8.94. The van der Waals surface area contributed by atoms with Crippen molar-refractivity contribution in [3.8, 4) is 11.3 Å². The molecule has 2 aromatic rings. The summed E-state index contributed by atoms with van der Waals surface area (Å²) >= 11 is 0. The second-order valence-corrected chi connectivity index (χ2v) is 3.67. The van der Waals surface area contributed by atoms with E-state index < -0.39 is 0 Å². The minimum atomic E-state index is -0.0142. The zero-order chi connectivity index (χ0) is 10.8. The van der Waals surface area contributed by atoms with Crippen molar-refractivity contribution >= 4 is 0 Å². The number of aryl methyl sites for hydroxylation is 2. The minimum Gasteiger partial charge on any atom is -0.390 e. The van der Waals surface area contributed by atoms with Gasteiger partial charge in [-0.05, 0) is 18.6 Å². The molecule has 1 heterocycles. The lowest BCUT2D eigenvalue weighted by molar-refractivity contribution is 0.275. The van der Waals surface area contributed by atoms with E-state index in [1.54, 1.807) is 4.68 Å². The molecule has 15 heavy (non-hydrogen) atoms. The van der Waals surface area contributed by atoms with Gasteiger partial charge in [-0.15, -0.1) is 0 Å². The Morgan fingerprint density at radius 1 is 1.27 bits per heavy atom. The van der Waals surface area contributed by atoms with Gasteiger partial charge in [0.15, 0.2) is 0 Å². The molecule has 2 rings (SSSR count). The topological polar surface area (TPSA) is 38.1 Å². The first kappa shape index (κ1) is 9.93. The smallest absolute Gasteiger partial charge is 0.0885 e. The molecule has 78 valence electrons. The molecule has 3 nitrogen and oxygen atoms in total. The van der Waals surface area contributed by atoms with Crippen molar-refractivity contribution in [3.63, 3.8) is 0 Å². The minimum absolute atomic E-state index is 0.0142. The summed E-state index contributed by atoms with van der Waals surface area (Å²) in [5.41, 5.74) is 4.09. The van der Waals surface area contributed by atoms with E-state index in [9.17, 15) is 0 Å². The van der Waals surface area contributed by atoms with Crippen molar-refractivity contribution in [1.29, 1.82) is 0 Å². The number of nitrogens with zero attached hydrogens (tertiary/aromatic N) is 2. The Kier molecular flexibility index (Phi) is 2.56. The predicted octanol–water partition coefficient (Wildman–Crippen LogP) is 1.89. The Morgan fingerprint density at radius 2 is 1.93 bits per heavy atom. The second-order valence-electron chi connectivity index (χ2n) is 3.67. The first-order valence-corrected chi connectivity index (χ1v) is 4.91. The van der Waals surface area contributed by atoms with Crippen LogP contribution in [0.3, 0.4) is 0 Å². The lowest BCUT2D eigenvalue weighted by Gasteiger charge is -2.01. The molecule has 0 unspecified atom stereocenters. The summed E-state index contributed by atoms with van der Waals surface area (Å²) in [5.74, 6) is 0. The third kappa shape index (κ3) is 1.92. The van der Waals surface area contributed by atoms with Crippen molar-refractivity contribution in [2.45, 2.75) is 13.5 Å². The summed E-state index contributed by atoms with van der Waals surface area (Å²) in [6, 6.07) is 10.2. The Morgan fingerprint density at radius 3 is 2.47 bits per heavy atom. The van der Waals surface area contributed by atoms with E-state index in [4.69, 9.17) is 5.11 Å². The van der Waals surface area contributed by atoms with Gasteiger partial charge in [-0.25, -0.2) is 0 Å². The van der Waals surface area contributed by atoms with Crippen LogP contribution >= 0.6 is 0 Å². The number of aliphatic hydroxyl groups is 1. The van der Waals surface area contributed by atoms with Crippen LogP contribution in [0.15, 0.2) is 30.3 Å². The first-order chi connectivity index (χ1) is 7.20. The number of aromatic nitrogens is 2. The maximum atomic E-state index is 8.99. The molecule has 1 N–H and O–H groups in total. The van der Waals surface area contributed by atoms with Crippen molar-refractivity contribution in [3.05, 3.63) is 41.6 Å². The van der Waals surface area contributed by atoms with Crippen molar-refractivity contribution in [2.24, 2.45) is 7.05 Å². The molecule has 1 aromatic heterocycles. The average molecular weight is 202 g/mol. The fourth-order valence-electron chi connectivity index (χ4n) is 1.60. The molecule has 0 spiro atoms. The molecule has 0 saturated heterocycles. The molecule has 0 saturated carbocycles. The van der Waals surface area contributed by atoms with Crippen LogP contribution in [0.4, 0.5) is 0 Å². The fourth-order valence-corrected chi connectivity index (χ4v) is 1.60. The van der Waals surface area contributed by atoms with E-state index in [1.807, 2.05) is 13.1 Å². The maximum Gasteiger partial charge on any atom is 0.0885 e. The summed E-state index contributed by atoms with van der Waals surface area (Å²) in [6.07, 6.45) is 0. The van der Waals surface area contributed by atoms with Gasteiger partial charge in [0.05, 0.1) is 18.0 Å². The van der Waals surface area contributed by atoms with Crippen molar-refractivity contribution in [1.82, 2.24) is 9.78 Å². The van der Waals surface area contributed by atoms with Crippen molar-refractivity contribution in [2.75, 3.05) is 0 Å². The molecular formula is C12H14N2O. The van der Waals surface area contributed by atoms with E-state index >= 15 is 0 Å². The molecule has 0 bridgehead atoms. The van der Waals surface area contributed by atoms with Gasteiger partial charge in [-0.3, -0.25) is 4.68 Å². The van der Waals surface area contributed by atoms with Crippen LogP contribution < -0.4 is 0 Å². The molecule has 0 fully saturated rings. The Balaban J connectivity index is 2.44. The number of hydrogen-bond acceptors (Lipinski definition) is 2. The third-order valence-corrected chi connectivity index (χ3v) is 2.44. The van der Waals surface area contributed by atoms with Crippen molar-refractivity contribution < 1.29 is 5.11 Å². The van der Waals surface area contributed by atoms with Crippen LogP contribution in [-0.4, -0.2) is 14.9 Å². The summed E-state index contributed by atoms with van der Waals surface area (Å²) in [5, 5.41) is 13.2. The molecule has 0 radical (unpaired) electrons. The van der Waals surface area contributed by atoms with Gasteiger partial charge < -0.3 is 5.11 Å². The third-order valence-electron chi connectivity index (χ3n) is 2.44. The number of aliphatic hydroxyl groups excluding tert-OH is 1.